The summed E-state index contributed by atoms with van der Waals surface area (Å²) < 4.78 is 0. The second-order valence-electron chi connectivity index (χ2n) is 5.27. The standard InChI is InChI=1S/C14H24N2O4/c1-3-4-7-11(14(19)20)15-13(18)12-8-5-6-9-16(12)10(2)17/h11-12H,3-9H2,1-2H3,(H,15,18)(H,19,20). The molecule has 6 heteroatoms. The van der Waals surface area contributed by atoms with E-state index in [4.69, 9.17) is 5.11 Å². The molecule has 0 aliphatic carbocycles. The summed E-state index contributed by atoms with van der Waals surface area (Å²) in [5, 5.41) is 11.7. The molecule has 114 valence electrons. The molecule has 1 saturated heterocycles. The van der Waals surface area contributed by atoms with Crippen molar-refractivity contribution >= 4 is 17.8 Å². The molecule has 1 fully saturated rings. The minimum absolute atomic E-state index is 0.134. The van der Waals surface area contributed by atoms with Gasteiger partial charge in [0.25, 0.3) is 0 Å². The topological polar surface area (TPSA) is 86.7 Å². The highest BCUT2D eigenvalue weighted by atomic mass is 16.4. The number of rotatable bonds is 6. The lowest BCUT2D eigenvalue weighted by molar-refractivity contribution is -0.145. The van der Waals surface area contributed by atoms with E-state index in [0.29, 0.717) is 19.4 Å². The fraction of sp³-hybridized carbons (Fsp3) is 0.786. The first-order valence-electron chi connectivity index (χ1n) is 7.27. The Hall–Kier alpha value is -1.59. The largest absolute Gasteiger partial charge is 0.480 e. The Kier molecular flexibility index (Phi) is 6.48. The number of hydrogen-bond donors (Lipinski definition) is 2. The lowest BCUT2D eigenvalue weighted by atomic mass is 10.0. The predicted molar refractivity (Wildman–Crippen MR) is 74.1 cm³/mol. The highest BCUT2D eigenvalue weighted by Gasteiger charge is 2.32. The summed E-state index contributed by atoms with van der Waals surface area (Å²) in [5.41, 5.74) is 0. The molecule has 1 rings (SSSR count). The maximum Gasteiger partial charge on any atom is 0.326 e. The van der Waals surface area contributed by atoms with Gasteiger partial charge in [-0.25, -0.2) is 4.79 Å². The van der Waals surface area contributed by atoms with Gasteiger partial charge in [-0.3, -0.25) is 9.59 Å². The zero-order valence-electron chi connectivity index (χ0n) is 12.2. The van der Waals surface area contributed by atoms with Crippen molar-refractivity contribution in [2.75, 3.05) is 6.54 Å². The molecule has 0 bridgehead atoms. The third-order valence-electron chi connectivity index (χ3n) is 3.67. The van der Waals surface area contributed by atoms with Gasteiger partial charge < -0.3 is 15.3 Å². The summed E-state index contributed by atoms with van der Waals surface area (Å²) in [7, 11) is 0. The van der Waals surface area contributed by atoms with Gasteiger partial charge in [0.15, 0.2) is 0 Å². The van der Waals surface area contributed by atoms with Crippen molar-refractivity contribution in [1.82, 2.24) is 10.2 Å². The SMILES string of the molecule is CCCCC(NC(=O)C1CCCCN1C(C)=O)C(=O)O. The molecule has 2 atom stereocenters. The summed E-state index contributed by atoms with van der Waals surface area (Å²) in [4.78, 5) is 36.4. The van der Waals surface area contributed by atoms with Gasteiger partial charge in [-0.1, -0.05) is 19.8 Å². The van der Waals surface area contributed by atoms with Crippen LogP contribution in [-0.4, -0.2) is 46.4 Å². The predicted octanol–water partition coefficient (Wildman–Crippen LogP) is 1.15. The first-order valence-corrected chi connectivity index (χ1v) is 7.27. The Morgan fingerprint density at radius 2 is 2.05 bits per heavy atom. The third-order valence-corrected chi connectivity index (χ3v) is 3.67. The molecule has 0 aromatic heterocycles. The third kappa shape index (κ3) is 4.51. The maximum absolute atomic E-state index is 12.2. The van der Waals surface area contributed by atoms with Crippen LogP contribution in [0.5, 0.6) is 0 Å². The molecule has 2 N–H and O–H groups in total. The number of carboxylic acids is 1. The van der Waals surface area contributed by atoms with Gasteiger partial charge in [0.05, 0.1) is 0 Å². The number of amides is 2. The van der Waals surface area contributed by atoms with Gasteiger partial charge in [-0.2, -0.15) is 0 Å². The number of carboxylic acid groups (broad SMARTS) is 1. The van der Waals surface area contributed by atoms with Crippen LogP contribution in [0.4, 0.5) is 0 Å². The Balaban J connectivity index is 2.66. The van der Waals surface area contributed by atoms with Crippen LogP contribution in [-0.2, 0) is 14.4 Å². The van der Waals surface area contributed by atoms with Crippen molar-refractivity contribution in [3.8, 4) is 0 Å². The van der Waals surface area contributed by atoms with Gasteiger partial charge in [-0.15, -0.1) is 0 Å². The van der Waals surface area contributed by atoms with E-state index in [1.807, 2.05) is 6.92 Å². The molecule has 0 aromatic rings. The molecule has 0 spiro atoms. The molecule has 0 saturated carbocycles. The van der Waals surface area contributed by atoms with Crippen LogP contribution in [0.25, 0.3) is 0 Å². The highest BCUT2D eigenvalue weighted by Crippen LogP contribution is 2.17. The highest BCUT2D eigenvalue weighted by molar-refractivity contribution is 5.90. The number of unbranched alkanes of at least 4 members (excludes halogenated alkanes) is 1. The molecular weight excluding hydrogens is 260 g/mol. The number of hydrogen-bond acceptors (Lipinski definition) is 3. The molecule has 0 aromatic carbocycles. The van der Waals surface area contributed by atoms with Gasteiger partial charge in [0.1, 0.15) is 12.1 Å². The molecule has 0 radical (unpaired) electrons. The quantitative estimate of drug-likeness (QED) is 0.766. The van der Waals surface area contributed by atoms with Crippen LogP contribution in [0.15, 0.2) is 0 Å². The number of carbonyl (C=O) groups excluding carboxylic acids is 2. The Labute approximate surface area is 119 Å². The van der Waals surface area contributed by atoms with E-state index in [9.17, 15) is 14.4 Å². The fourth-order valence-corrected chi connectivity index (χ4v) is 2.51. The van der Waals surface area contributed by atoms with Crippen LogP contribution in [0, 0.1) is 0 Å². The van der Waals surface area contributed by atoms with E-state index in [1.165, 1.54) is 11.8 Å². The first-order chi connectivity index (χ1) is 9.47. The summed E-state index contributed by atoms with van der Waals surface area (Å²) in [6.45, 7) is 3.98. The summed E-state index contributed by atoms with van der Waals surface area (Å²) in [6, 6.07) is -1.39. The second-order valence-corrected chi connectivity index (χ2v) is 5.27. The van der Waals surface area contributed by atoms with Crippen molar-refractivity contribution in [2.45, 2.75) is 64.5 Å². The summed E-state index contributed by atoms with van der Waals surface area (Å²) in [5.74, 6) is -1.49. The summed E-state index contributed by atoms with van der Waals surface area (Å²) in [6.07, 6.45) is 4.42. The Bertz CT molecular complexity index is 370. The minimum atomic E-state index is -1.02. The molecule has 6 nitrogen and oxygen atoms in total. The van der Waals surface area contributed by atoms with Gasteiger partial charge in [-0.05, 0) is 25.7 Å². The normalized spacial score (nSPS) is 20.3. The average molecular weight is 284 g/mol. The van der Waals surface area contributed by atoms with Crippen LogP contribution in [0.2, 0.25) is 0 Å². The average Bonchev–Trinajstić information content (AvgIpc) is 2.42. The van der Waals surface area contributed by atoms with Crippen LogP contribution in [0.1, 0.15) is 52.4 Å². The van der Waals surface area contributed by atoms with E-state index in [1.54, 1.807) is 0 Å². The molecule has 1 heterocycles. The number of nitrogens with zero attached hydrogens (tertiary/aromatic N) is 1. The van der Waals surface area contributed by atoms with Crippen LogP contribution < -0.4 is 5.32 Å². The van der Waals surface area contributed by atoms with Crippen molar-refractivity contribution in [1.29, 1.82) is 0 Å². The first kappa shape index (κ1) is 16.5. The number of carbonyl (C=O) groups is 3. The zero-order valence-corrected chi connectivity index (χ0v) is 12.2. The van der Waals surface area contributed by atoms with Crippen molar-refractivity contribution in [3.63, 3.8) is 0 Å². The number of piperidine rings is 1. The zero-order chi connectivity index (χ0) is 15.1. The van der Waals surface area contributed by atoms with Gasteiger partial charge >= 0.3 is 5.97 Å². The van der Waals surface area contributed by atoms with E-state index >= 15 is 0 Å². The van der Waals surface area contributed by atoms with E-state index in [2.05, 4.69) is 5.32 Å². The smallest absolute Gasteiger partial charge is 0.326 e. The molecule has 1 aliphatic rings. The van der Waals surface area contributed by atoms with Crippen molar-refractivity contribution < 1.29 is 19.5 Å². The minimum Gasteiger partial charge on any atom is -0.480 e. The number of aliphatic carboxylic acids is 1. The van der Waals surface area contributed by atoms with Gasteiger partial charge in [0, 0.05) is 13.5 Å². The molecule has 2 amide bonds. The van der Waals surface area contributed by atoms with Crippen LogP contribution >= 0.6 is 0 Å². The number of likely N-dealkylation sites (tertiary alicyclic amines) is 1. The maximum atomic E-state index is 12.2. The molecule has 2 unspecified atom stereocenters. The van der Waals surface area contributed by atoms with Crippen LogP contribution in [0.3, 0.4) is 0 Å². The Morgan fingerprint density at radius 1 is 1.35 bits per heavy atom. The molecular formula is C14H24N2O4. The second kappa shape index (κ2) is 7.87. The lowest BCUT2D eigenvalue weighted by Crippen LogP contribution is -2.54. The lowest BCUT2D eigenvalue weighted by Gasteiger charge is -2.34. The summed E-state index contributed by atoms with van der Waals surface area (Å²) >= 11 is 0. The van der Waals surface area contributed by atoms with E-state index < -0.39 is 18.1 Å². The molecule has 1 aliphatic heterocycles. The monoisotopic (exact) mass is 284 g/mol. The van der Waals surface area contributed by atoms with Crippen molar-refractivity contribution in [2.24, 2.45) is 0 Å². The Morgan fingerprint density at radius 3 is 2.60 bits per heavy atom. The van der Waals surface area contributed by atoms with Gasteiger partial charge in [0.2, 0.25) is 11.8 Å². The number of nitrogens with one attached hydrogen (secondary N) is 1. The fourth-order valence-electron chi connectivity index (χ4n) is 2.51. The van der Waals surface area contributed by atoms with E-state index in [0.717, 1.165) is 25.7 Å². The van der Waals surface area contributed by atoms with Crippen molar-refractivity contribution in [3.05, 3.63) is 0 Å². The molecule has 20 heavy (non-hydrogen) atoms. The van der Waals surface area contributed by atoms with E-state index in [-0.39, 0.29) is 11.8 Å².